The quantitative estimate of drug-likeness (QED) is 0.900. The lowest BCUT2D eigenvalue weighted by Crippen LogP contribution is -2.00. The van der Waals surface area contributed by atoms with E-state index >= 15 is 0 Å². The molecular weight excluding hydrogens is 224 g/mol. The maximum Gasteiger partial charge on any atom is 0.129 e. The van der Waals surface area contributed by atoms with Crippen molar-refractivity contribution in [2.45, 2.75) is 25.7 Å². The van der Waals surface area contributed by atoms with Crippen molar-refractivity contribution in [2.75, 3.05) is 5.73 Å². The number of anilines is 1. The van der Waals surface area contributed by atoms with Gasteiger partial charge in [-0.05, 0) is 24.8 Å². The average Bonchev–Trinajstić information content (AvgIpc) is 3.18. The molecule has 1 unspecified atom stereocenters. The van der Waals surface area contributed by atoms with Crippen LogP contribution in [0.1, 0.15) is 31.4 Å². The van der Waals surface area contributed by atoms with Gasteiger partial charge in [-0.15, -0.1) is 0 Å². The molecule has 0 spiro atoms. The fraction of sp³-hybridized carbons (Fsp3) is 0.429. The number of nitrogens with zero attached hydrogens (tertiary/aromatic N) is 3. The molecule has 0 bridgehead atoms. The summed E-state index contributed by atoms with van der Waals surface area (Å²) in [4.78, 5) is 4.18. The van der Waals surface area contributed by atoms with Crippen LogP contribution in [0.5, 0.6) is 0 Å². The fourth-order valence-electron chi connectivity index (χ4n) is 2.50. The van der Waals surface area contributed by atoms with E-state index < -0.39 is 0 Å². The Morgan fingerprint density at radius 3 is 2.83 bits per heavy atom. The summed E-state index contributed by atoms with van der Waals surface area (Å²) in [6.07, 6.45) is 6.25. The molecule has 0 saturated heterocycles. The number of aryl methyl sites for hydroxylation is 1. The lowest BCUT2D eigenvalue weighted by molar-refractivity contribution is 0.622. The summed E-state index contributed by atoms with van der Waals surface area (Å²) in [5.41, 5.74) is 9.40. The Labute approximate surface area is 107 Å². The Kier molecular flexibility index (Phi) is 2.58. The van der Waals surface area contributed by atoms with E-state index in [-0.39, 0.29) is 0 Å². The second-order valence-corrected chi connectivity index (χ2v) is 5.14. The summed E-state index contributed by atoms with van der Waals surface area (Å²) in [7, 11) is 1.90. The Morgan fingerprint density at radius 1 is 1.44 bits per heavy atom. The molecule has 4 heteroatoms. The van der Waals surface area contributed by atoms with Gasteiger partial charge in [0.2, 0.25) is 0 Å². The molecular formula is C14H18N4. The first kappa shape index (κ1) is 11.3. The minimum absolute atomic E-state index is 0.476. The van der Waals surface area contributed by atoms with Gasteiger partial charge in [0, 0.05) is 36.5 Å². The van der Waals surface area contributed by atoms with Gasteiger partial charge in [-0.2, -0.15) is 5.10 Å². The Hall–Kier alpha value is -1.84. The van der Waals surface area contributed by atoms with Crippen LogP contribution in [0.2, 0.25) is 0 Å². The van der Waals surface area contributed by atoms with Gasteiger partial charge >= 0.3 is 0 Å². The van der Waals surface area contributed by atoms with Crippen molar-refractivity contribution in [2.24, 2.45) is 13.0 Å². The van der Waals surface area contributed by atoms with Gasteiger partial charge in [-0.25, -0.2) is 0 Å². The van der Waals surface area contributed by atoms with E-state index in [1.54, 1.807) is 10.9 Å². The third-order valence-corrected chi connectivity index (χ3v) is 3.83. The van der Waals surface area contributed by atoms with Gasteiger partial charge in [0.05, 0.1) is 5.69 Å². The smallest absolute Gasteiger partial charge is 0.129 e. The van der Waals surface area contributed by atoms with Crippen molar-refractivity contribution in [3.8, 4) is 11.1 Å². The second kappa shape index (κ2) is 4.12. The van der Waals surface area contributed by atoms with Crippen LogP contribution in [0.25, 0.3) is 11.1 Å². The number of nitrogen functional groups attached to an aromatic ring is 1. The zero-order chi connectivity index (χ0) is 12.7. The van der Waals surface area contributed by atoms with Gasteiger partial charge in [0.1, 0.15) is 5.82 Å². The predicted octanol–water partition coefficient (Wildman–Crippen LogP) is 2.58. The van der Waals surface area contributed by atoms with E-state index in [0.29, 0.717) is 5.92 Å². The largest absolute Gasteiger partial charge is 0.383 e. The van der Waals surface area contributed by atoms with Crippen molar-refractivity contribution < 1.29 is 0 Å². The zero-order valence-electron chi connectivity index (χ0n) is 10.8. The first-order chi connectivity index (χ1) is 8.68. The molecule has 0 amide bonds. The molecule has 1 fully saturated rings. The minimum atomic E-state index is 0.476. The molecule has 2 N–H and O–H groups in total. The van der Waals surface area contributed by atoms with Gasteiger partial charge in [0.15, 0.2) is 0 Å². The van der Waals surface area contributed by atoms with E-state index in [9.17, 15) is 0 Å². The molecule has 1 aliphatic rings. The highest BCUT2D eigenvalue weighted by Crippen LogP contribution is 2.45. The third-order valence-electron chi connectivity index (χ3n) is 3.83. The molecule has 2 aromatic rings. The lowest BCUT2D eigenvalue weighted by atomic mass is 9.95. The number of aromatic nitrogens is 3. The summed E-state index contributed by atoms with van der Waals surface area (Å²) in [6.45, 7) is 2.25. The SMILES string of the molecule is CC(c1nn(C)c(N)c1-c1cccnc1)C1CC1. The molecule has 18 heavy (non-hydrogen) atoms. The van der Waals surface area contributed by atoms with Crippen molar-refractivity contribution in [1.29, 1.82) is 0 Å². The van der Waals surface area contributed by atoms with E-state index in [4.69, 9.17) is 5.73 Å². The molecule has 0 aliphatic heterocycles. The van der Waals surface area contributed by atoms with Crippen LogP contribution in [0, 0.1) is 5.92 Å². The topological polar surface area (TPSA) is 56.7 Å². The fourth-order valence-corrected chi connectivity index (χ4v) is 2.50. The molecule has 3 rings (SSSR count). The van der Waals surface area contributed by atoms with Crippen molar-refractivity contribution in [1.82, 2.24) is 14.8 Å². The van der Waals surface area contributed by atoms with Crippen molar-refractivity contribution in [3.05, 3.63) is 30.2 Å². The molecule has 2 aromatic heterocycles. The number of nitrogens with two attached hydrogens (primary N) is 1. The van der Waals surface area contributed by atoms with Crippen molar-refractivity contribution in [3.63, 3.8) is 0 Å². The molecule has 2 heterocycles. The minimum Gasteiger partial charge on any atom is -0.383 e. The van der Waals surface area contributed by atoms with Crippen LogP contribution in [0.4, 0.5) is 5.82 Å². The van der Waals surface area contributed by atoms with E-state index in [2.05, 4.69) is 17.0 Å². The number of rotatable bonds is 3. The van der Waals surface area contributed by atoms with E-state index in [1.807, 2.05) is 25.4 Å². The first-order valence-corrected chi connectivity index (χ1v) is 6.41. The summed E-state index contributed by atoms with van der Waals surface area (Å²) in [5.74, 6) is 1.98. The summed E-state index contributed by atoms with van der Waals surface area (Å²) < 4.78 is 1.77. The summed E-state index contributed by atoms with van der Waals surface area (Å²) >= 11 is 0. The standard InChI is InChI=1S/C14H18N4/c1-9(10-5-6-10)13-12(14(15)18(2)17-13)11-4-3-7-16-8-11/h3-4,7-10H,5-6,15H2,1-2H3. The van der Waals surface area contributed by atoms with Crippen LogP contribution in [0.15, 0.2) is 24.5 Å². The number of hydrogen-bond donors (Lipinski definition) is 1. The van der Waals surface area contributed by atoms with Gasteiger partial charge in [0.25, 0.3) is 0 Å². The van der Waals surface area contributed by atoms with Crippen LogP contribution in [-0.4, -0.2) is 14.8 Å². The molecule has 1 saturated carbocycles. The molecule has 94 valence electrons. The van der Waals surface area contributed by atoms with Crippen LogP contribution < -0.4 is 5.73 Å². The monoisotopic (exact) mass is 242 g/mol. The van der Waals surface area contributed by atoms with E-state index in [1.165, 1.54) is 12.8 Å². The first-order valence-electron chi connectivity index (χ1n) is 6.41. The Balaban J connectivity index is 2.12. The second-order valence-electron chi connectivity index (χ2n) is 5.14. The van der Waals surface area contributed by atoms with Gasteiger partial charge in [-0.1, -0.05) is 13.0 Å². The Morgan fingerprint density at radius 2 is 2.22 bits per heavy atom. The highest BCUT2D eigenvalue weighted by molar-refractivity contribution is 5.76. The average molecular weight is 242 g/mol. The van der Waals surface area contributed by atoms with Crippen LogP contribution in [0.3, 0.4) is 0 Å². The van der Waals surface area contributed by atoms with Crippen molar-refractivity contribution >= 4 is 5.82 Å². The lowest BCUT2D eigenvalue weighted by Gasteiger charge is -2.09. The summed E-state index contributed by atoms with van der Waals surface area (Å²) in [6, 6.07) is 3.98. The number of hydrogen-bond acceptors (Lipinski definition) is 3. The normalized spacial score (nSPS) is 16.8. The van der Waals surface area contributed by atoms with Crippen LogP contribution in [-0.2, 0) is 7.05 Å². The Bertz CT molecular complexity index is 555. The molecule has 4 nitrogen and oxygen atoms in total. The maximum atomic E-state index is 6.17. The highest BCUT2D eigenvalue weighted by Gasteiger charge is 2.33. The summed E-state index contributed by atoms with van der Waals surface area (Å²) in [5, 5.41) is 4.61. The molecule has 0 radical (unpaired) electrons. The maximum absolute atomic E-state index is 6.17. The molecule has 1 aliphatic carbocycles. The van der Waals surface area contributed by atoms with E-state index in [0.717, 1.165) is 28.6 Å². The van der Waals surface area contributed by atoms with Crippen LogP contribution >= 0.6 is 0 Å². The molecule has 1 atom stereocenters. The zero-order valence-corrected chi connectivity index (χ0v) is 10.8. The van der Waals surface area contributed by atoms with Gasteiger partial charge in [-0.3, -0.25) is 9.67 Å². The van der Waals surface area contributed by atoms with Gasteiger partial charge < -0.3 is 5.73 Å². The predicted molar refractivity (Wildman–Crippen MR) is 72.0 cm³/mol. The highest BCUT2D eigenvalue weighted by atomic mass is 15.3. The third kappa shape index (κ3) is 1.78. The number of pyridine rings is 1. The molecule has 0 aromatic carbocycles.